The zero-order valence-corrected chi connectivity index (χ0v) is 11.6. The van der Waals surface area contributed by atoms with E-state index in [0.29, 0.717) is 0 Å². The van der Waals surface area contributed by atoms with Gasteiger partial charge in [-0.25, -0.2) is 0 Å². The zero-order chi connectivity index (χ0) is 11.5. The van der Waals surface area contributed by atoms with Crippen molar-refractivity contribution in [2.75, 3.05) is 6.54 Å². The van der Waals surface area contributed by atoms with Gasteiger partial charge < -0.3 is 10.6 Å². The molecule has 0 bridgehead atoms. The van der Waals surface area contributed by atoms with Gasteiger partial charge in [-0.15, -0.1) is 23.7 Å². The van der Waals surface area contributed by atoms with E-state index < -0.39 is 0 Å². The fourth-order valence-corrected chi connectivity index (χ4v) is 2.98. The van der Waals surface area contributed by atoms with Crippen molar-refractivity contribution in [1.82, 2.24) is 4.90 Å². The first-order valence-electron chi connectivity index (χ1n) is 5.80. The SMILES string of the molecule is CC(N)C1CCCCN1C(=O)c1cccs1.Cl. The number of carbonyl (C=O) groups is 1. The van der Waals surface area contributed by atoms with Crippen LogP contribution in [-0.2, 0) is 0 Å². The van der Waals surface area contributed by atoms with Crippen molar-refractivity contribution in [2.45, 2.75) is 38.3 Å². The zero-order valence-electron chi connectivity index (χ0n) is 9.96. The molecule has 2 atom stereocenters. The number of hydrogen-bond acceptors (Lipinski definition) is 3. The summed E-state index contributed by atoms with van der Waals surface area (Å²) in [7, 11) is 0. The lowest BCUT2D eigenvalue weighted by atomic mass is 9.97. The number of halogens is 1. The topological polar surface area (TPSA) is 46.3 Å². The number of amides is 1. The molecule has 1 saturated heterocycles. The highest BCUT2D eigenvalue weighted by molar-refractivity contribution is 7.12. The second-order valence-electron chi connectivity index (χ2n) is 4.40. The van der Waals surface area contributed by atoms with E-state index >= 15 is 0 Å². The van der Waals surface area contributed by atoms with Crippen molar-refractivity contribution < 1.29 is 4.79 Å². The number of piperidine rings is 1. The molecule has 0 aromatic carbocycles. The fraction of sp³-hybridized carbons (Fsp3) is 0.583. The predicted octanol–water partition coefficient (Wildman–Crippen LogP) is 2.51. The lowest BCUT2D eigenvalue weighted by molar-refractivity contribution is 0.0589. The smallest absolute Gasteiger partial charge is 0.264 e. The van der Waals surface area contributed by atoms with Gasteiger partial charge in [-0.2, -0.15) is 0 Å². The van der Waals surface area contributed by atoms with Gasteiger partial charge in [0.25, 0.3) is 5.91 Å². The Kier molecular flexibility index (Phi) is 5.43. The van der Waals surface area contributed by atoms with E-state index in [2.05, 4.69) is 0 Å². The van der Waals surface area contributed by atoms with Crippen LogP contribution in [0.25, 0.3) is 0 Å². The molecule has 0 aliphatic carbocycles. The van der Waals surface area contributed by atoms with Crippen LogP contribution in [0.5, 0.6) is 0 Å². The van der Waals surface area contributed by atoms with Crippen molar-refractivity contribution in [3.63, 3.8) is 0 Å². The maximum absolute atomic E-state index is 12.3. The van der Waals surface area contributed by atoms with E-state index in [1.165, 1.54) is 17.8 Å². The van der Waals surface area contributed by atoms with Crippen LogP contribution < -0.4 is 5.73 Å². The minimum absolute atomic E-state index is 0. The predicted molar refractivity (Wildman–Crippen MR) is 73.9 cm³/mol. The summed E-state index contributed by atoms with van der Waals surface area (Å²) in [4.78, 5) is 15.0. The minimum Gasteiger partial charge on any atom is -0.333 e. The molecule has 17 heavy (non-hydrogen) atoms. The van der Waals surface area contributed by atoms with Crippen LogP contribution in [0.1, 0.15) is 35.9 Å². The van der Waals surface area contributed by atoms with E-state index in [1.807, 2.05) is 29.3 Å². The van der Waals surface area contributed by atoms with Gasteiger partial charge in [-0.1, -0.05) is 6.07 Å². The molecule has 2 N–H and O–H groups in total. The molecule has 0 radical (unpaired) electrons. The fourth-order valence-electron chi connectivity index (χ4n) is 2.30. The average molecular weight is 275 g/mol. The summed E-state index contributed by atoms with van der Waals surface area (Å²) in [5, 5.41) is 1.94. The molecule has 1 amide bonds. The molecular weight excluding hydrogens is 256 g/mol. The number of likely N-dealkylation sites (tertiary alicyclic amines) is 1. The average Bonchev–Trinajstić information content (AvgIpc) is 2.81. The monoisotopic (exact) mass is 274 g/mol. The van der Waals surface area contributed by atoms with Crippen LogP contribution in [0.3, 0.4) is 0 Å². The molecular formula is C12H19ClN2OS. The van der Waals surface area contributed by atoms with Gasteiger partial charge in [-0.3, -0.25) is 4.79 Å². The summed E-state index contributed by atoms with van der Waals surface area (Å²) in [6.45, 7) is 2.84. The second kappa shape index (κ2) is 6.38. The summed E-state index contributed by atoms with van der Waals surface area (Å²) in [6.07, 6.45) is 3.32. The Bertz CT molecular complexity index is 353. The second-order valence-corrected chi connectivity index (χ2v) is 5.35. The number of hydrogen-bond donors (Lipinski definition) is 1. The van der Waals surface area contributed by atoms with Gasteiger partial charge in [0.15, 0.2) is 0 Å². The van der Waals surface area contributed by atoms with Crippen LogP contribution in [0.2, 0.25) is 0 Å². The first kappa shape index (κ1) is 14.5. The van der Waals surface area contributed by atoms with Gasteiger partial charge in [0.05, 0.1) is 4.88 Å². The Morgan fingerprint density at radius 3 is 2.94 bits per heavy atom. The minimum atomic E-state index is 0. The van der Waals surface area contributed by atoms with Crippen LogP contribution >= 0.6 is 23.7 Å². The lowest BCUT2D eigenvalue weighted by Gasteiger charge is -2.37. The van der Waals surface area contributed by atoms with Crippen molar-refractivity contribution in [3.05, 3.63) is 22.4 Å². The summed E-state index contributed by atoms with van der Waals surface area (Å²) >= 11 is 1.51. The Hall–Kier alpha value is -0.580. The molecule has 1 aromatic heterocycles. The third-order valence-electron chi connectivity index (χ3n) is 3.15. The van der Waals surface area contributed by atoms with E-state index in [1.54, 1.807) is 0 Å². The Balaban J connectivity index is 0.00000144. The van der Waals surface area contributed by atoms with Crippen LogP contribution in [0.4, 0.5) is 0 Å². The van der Waals surface area contributed by atoms with Gasteiger partial charge >= 0.3 is 0 Å². The summed E-state index contributed by atoms with van der Waals surface area (Å²) < 4.78 is 0. The van der Waals surface area contributed by atoms with Gasteiger partial charge in [0.1, 0.15) is 0 Å². The van der Waals surface area contributed by atoms with E-state index in [4.69, 9.17) is 5.73 Å². The lowest BCUT2D eigenvalue weighted by Crippen LogP contribution is -2.51. The van der Waals surface area contributed by atoms with Crippen LogP contribution in [0.15, 0.2) is 17.5 Å². The van der Waals surface area contributed by atoms with Crippen molar-refractivity contribution in [3.8, 4) is 0 Å². The molecule has 5 heteroatoms. The number of nitrogens with two attached hydrogens (primary N) is 1. The van der Waals surface area contributed by atoms with Crippen molar-refractivity contribution in [2.24, 2.45) is 5.73 Å². The molecule has 1 aliphatic rings. The summed E-state index contributed by atoms with van der Waals surface area (Å²) in [5.74, 6) is 0.150. The van der Waals surface area contributed by atoms with E-state index in [-0.39, 0.29) is 30.4 Å². The Labute approximate surface area is 112 Å². The molecule has 0 saturated carbocycles. The quantitative estimate of drug-likeness (QED) is 0.901. The molecule has 0 spiro atoms. The third-order valence-corrected chi connectivity index (χ3v) is 4.01. The maximum atomic E-state index is 12.3. The maximum Gasteiger partial charge on any atom is 0.264 e. The van der Waals surface area contributed by atoms with E-state index in [0.717, 1.165) is 24.3 Å². The van der Waals surface area contributed by atoms with Crippen LogP contribution in [0, 0.1) is 0 Å². The van der Waals surface area contributed by atoms with E-state index in [9.17, 15) is 4.79 Å². The number of carbonyl (C=O) groups excluding carboxylic acids is 1. The standard InChI is InChI=1S/C12H18N2OS.ClH/c1-9(13)10-5-2-3-7-14(10)12(15)11-6-4-8-16-11;/h4,6,8-10H,2-3,5,7,13H2,1H3;1H. The number of nitrogens with zero attached hydrogens (tertiary/aromatic N) is 1. The first-order chi connectivity index (χ1) is 7.70. The normalized spacial score (nSPS) is 21.8. The molecule has 3 nitrogen and oxygen atoms in total. The highest BCUT2D eigenvalue weighted by atomic mass is 35.5. The van der Waals surface area contributed by atoms with Gasteiger partial charge in [0, 0.05) is 18.6 Å². The van der Waals surface area contributed by atoms with Crippen molar-refractivity contribution in [1.29, 1.82) is 0 Å². The molecule has 2 unspecified atom stereocenters. The van der Waals surface area contributed by atoms with Gasteiger partial charge in [0.2, 0.25) is 0 Å². The first-order valence-corrected chi connectivity index (χ1v) is 6.68. The third kappa shape index (κ3) is 3.21. The summed E-state index contributed by atoms with van der Waals surface area (Å²) in [6, 6.07) is 4.08. The largest absolute Gasteiger partial charge is 0.333 e. The Morgan fingerprint density at radius 2 is 2.35 bits per heavy atom. The summed E-state index contributed by atoms with van der Waals surface area (Å²) in [5.41, 5.74) is 5.96. The highest BCUT2D eigenvalue weighted by Gasteiger charge is 2.29. The molecule has 1 aliphatic heterocycles. The van der Waals surface area contributed by atoms with Crippen molar-refractivity contribution >= 4 is 29.7 Å². The molecule has 2 heterocycles. The number of thiophene rings is 1. The molecule has 1 aromatic rings. The van der Waals surface area contributed by atoms with Crippen LogP contribution in [-0.4, -0.2) is 29.4 Å². The molecule has 96 valence electrons. The number of rotatable bonds is 2. The van der Waals surface area contributed by atoms with Gasteiger partial charge in [-0.05, 0) is 37.6 Å². The Morgan fingerprint density at radius 1 is 1.59 bits per heavy atom. The molecule has 2 rings (SSSR count). The highest BCUT2D eigenvalue weighted by Crippen LogP contribution is 2.22. The molecule has 1 fully saturated rings.